The summed E-state index contributed by atoms with van der Waals surface area (Å²) in [5.41, 5.74) is 2.85. The SMILES string of the molecule is O=C(NCCCc1nc2ccccc2n1CCCCOc1ccccc1)c1ccc(Br)cc1. The van der Waals surface area contributed by atoms with E-state index in [1.807, 2.05) is 60.7 Å². The predicted octanol–water partition coefficient (Wildman–Crippen LogP) is 6.02. The summed E-state index contributed by atoms with van der Waals surface area (Å²) < 4.78 is 9.10. The van der Waals surface area contributed by atoms with Crippen LogP contribution >= 0.6 is 15.9 Å². The third-order valence-corrected chi connectivity index (χ3v) is 6.02. The molecule has 3 aromatic carbocycles. The summed E-state index contributed by atoms with van der Waals surface area (Å²) >= 11 is 3.39. The molecule has 0 bridgehead atoms. The highest BCUT2D eigenvalue weighted by Crippen LogP contribution is 2.18. The average Bonchev–Trinajstić information content (AvgIpc) is 3.20. The Hall–Kier alpha value is -3.12. The summed E-state index contributed by atoms with van der Waals surface area (Å²) in [5.74, 6) is 1.93. The van der Waals surface area contributed by atoms with Crippen molar-refractivity contribution in [3.63, 3.8) is 0 Å². The first kappa shape index (κ1) is 23.1. The number of unbranched alkanes of at least 4 members (excludes halogenated alkanes) is 1. The van der Waals surface area contributed by atoms with Gasteiger partial charge in [-0.2, -0.15) is 0 Å². The first-order valence-corrected chi connectivity index (χ1v) is 12.2. The molecule has 33 heavy (non-hydrogen) atoms. The van der Waals surface area contributed by atoms with Crippen LogP contribution in [0.4, 0.5) is 0 Å². The molecule has 0 aliphatic carbocycles. The lowest BCUT2D eigenvalue weighted by molar-refractivity contribution is 0.0953. The van der Waals surface area contributed by atoms with Gasteiger partial charge in [-0.15, -0.1) is 0 Å². The molecule has 1 N–H and O–H groups in total. The Morgan fingerprint density at radius 2 is 1.67 bits per heavy atom. The maximum Gasteiger partial charge on any atom is 0.251 e. The number of rotatable bonds is 11. The van der Waals surface area contributed by atoms with E-state index in [-0.39, 0.29) is 5.91 Å². The molecular weight excluding hydrogens is 478 g/mol. The van der Waals surface area contributed by atoms with Crippen LogP contribution in [0.2, 0.25) is 0 Å². The highest BCUT2D eigenvalue weighted by Gasteiger charge is 2.11. The minimum atomic E-state index is -0.0468. The van der Waals surface area contributed by atoms with Crippen molar-refractivity contribution in [2.45, 2.75) is 32.2 Å². The number of aromatic nitrogens is 2. The Morgan fingerprint density at radius 3 is 2.48 bits per heavy atom. The summed E-state index contributed by atoms with van der Waals surface area (Å²) in [5, 5.41) is 3.01. The molecule has 0 aliphatic rings. The molecule has 0 atom stereocenters. The third kappa shape index (κ3) is 6.45. The second-order valence-corrected chi connectivity index (χ2v) is 8.82. The lowest BCUT2D eigenvalue weighted by Gasteiger charge is -2.11. The van der Waals surface area contributed by atoms with E-state index >= 15 is 0 Å². The minimum absolute atomic E-state index is 0.0468. The maximum absolute atomic E-state index is 12.3. The lowest BCUT2D eigenvalue weighted by atomic mass is 10.2. The monoisotopic (exact) mass is 505 g/mol. The molecule has 4 aromatic rings. The summed E-state index contributed by atoms with van der Waals surface area (Å²) in [4.78, 5) is 17.2. The van der Waals surface area contributed by atoms with Crippen LogP contribution in [0.1, 0.15) is 35.4 Å². The molecule has 1 aromatic heterocycles. The Morgan fingerprint density at radius 1 is 0.909 bits per heavy atom. The highest BCUT2D eigenvalue weighted by molar-refractivity contribution is 9.10. The van der Waals surface area contributed by atoms with Crippen molar-refractivity contribution in [3.8, 4) is 5.75 Å². The van der Waals surface area contributed by atoms with Crippen LogP contribution in [0.5, 0.6) is 5.75 Å². The van der Waals surface area contributed by atoms with E-state index in [4.69, 9.17) is 9.72 Å². The van der Waals surface area contributed by atoms with Crippen molar-refractivity contribution in [1.29, 1.82) is 0 Å². The molecule has 170 valence electrons. The first-order valence-electron chi connectivity index (χ1n) is 11.4. The summed E-state index contributed by atoms with van der Waals surface area (Å²) in [6.45, 7) is 2.22. The van der Waals surface area contributed by atoms with Gasteiger partial charge in [-0.1, -0.05) is 46.3 Å². The molecule has 0 unspecified atom stereocenters. The van der Waals surface area contributed by atoms with E-state index in [0.717, 1.165) is 59.3 Å². The van der Waals surface area contributed by atoms with Crippen LogP contribution < -0.4 is 10.1 Å². The quantitative estimate of drug-likeness (QED) is 0.253. The van der Waals surface area contributed by atoms with Crippen molar-refractivity contribution >= 4 is 32.9 Å². The molecule has 5 nitrogen and oxygen atoms in total. The minimum Gasteiger partial charge on any atom is -0.494 e. The molecule has 0 aliphatic heterocycles. The number of aryl methyl sites for hydroxylation is 2. The molecule has 0 saturated heterocycles. The van der Waals surface area contributed by atoms with E-state index in [0.29, 0.717) is 18.7 Å². The Kier molecular flexibility index (Phi) is 8.14. The molecule has 0 radical (unpaired) electrons. The number of carbonyl (C=O) groups is 1. The number of para-hydroxylation sites is 3. The Labute approximate surface area is 202 Å². The normalized spacial score (nSPS) is 10.9. The number of nitrogens with zero attached hydrogens (tertiary/aromatic N) is 2. The Balaban J connectivity index is 1.29. The second kappa shape index (κ2) is 11.7. The number of amides is 1. The van der Waals surface area contributed by atoms with Crippen molar-refractivity contribution in [1.82, 2.24) is 14.9 Å². The van der Waals surface area contributed by atoms with E-state index in [9.17, 15) is 4.79 Å². The van der Waals surface area contributed by atoms with Crippen LogP contribution in [0, 0.1) is 0 Å². The smallest absolute Gasteiger partial charge is 0.251 e. The van der Waals surface area contributed by atoms with Crippen LogP contribution in [-0.4, -0.2) is 28.6 Å². The van der Waals surface area contributed by atoms with Gasteiger partial charge in [-0.25, -0.2) is 4.98 Å². The zero-order chi connectivity index (χ0) is 22.9. The molecule has 0 fully saturated rings. The number of nitrogens with one attached hydrogen (secondary N) is 1. The van der Waals surface area contributed by atoms with Crippen molar-refractivity contribution in [2.24, 2.45) is 0 Å². The number of hydrogen-bond donors (Lipinski definition) is 1. The van der Waals surface area contributed by atoms with Gasteiger partial charge in [-0.05, 0) is 67.8 Å². The van der Waals surface area contributed by atoms with Gasteiger partial charge < -0.3 is 14.6 Å². The molecule has 1 amide bonds. The molecule has 6 heteroatoms. The van der Waals surface area contributed by atoms with Crippen LogP contribution in [0.3, 0.4) is 0 Å². The zero-order valence-electron chi connectivity index (χ0n) is 18.5. The molecular formula is C27H28BrN3O2. The van der Waals surface area contributed by atoms with Crippen LogP contribution in [0.25, 0.3) is 11.0 Å². The van der Waals surface area contributed by atoms with E-state index in [2.05, 4.69) is 44.0 Å². The largest absolute Gasteiger partial charge is 0.494 e. The maximum atomic E-state index is 12.3. The van der Waals surface area contributed by atoms with Crippen LogP contribution in [-0.2, 0) is 13.0 Å². The first-order chi connectivity index (χ1) is 16.2. The second-order valence-electron chi connectivity index (χ2n) is 7.90. The summed E-state index contributed by atoms with van der Waals surface area (Å²) in [6, 6.07) is 25.6. The van der Waals surface area contributed by atoms with Gasteiger partial charge in [0.25, 0.3) is 5.91 Å². The summed E-state index contributed by atoms with van der Waals surface area (Å²) in [7, 11) is 0. The van der Waals surface area contributed by atoms with Gasteiger partial charge >= 0.3 is 0 Å². The predicted molar refractivity (Wildman–Crippen MR) is 136 cm³/mol. The van der Waals surface area contributed by atoms with Gasteiger partial charge in [0, 0.05) is 29.5 Å². The van der Waals surface area contributed by atoms with Crippen molar-refractivity contribution < 1.29 is 9.53 Å². The van der Waals surface area contributed by atoms with Crippen LogP contribution in [0.15, 0.2) is 83.3 Å². The highest BCUT2D eigenvalue weighted by atomic mass is 79.9. The number of halogens is 1. The number of ether oxygens (including phenoxy) is 1. The molecule has 4 rings (SSSR count). The fourth-order valence-corrected chi connectivity index (χ4v) is 4.06. The van der Waals surface area contributed by atoms with Gasteiger partial charge in [0.05, 0.1) is 17.6 Å². The lowest BCUT2D eigenvalue weighted by Crippen LogP contribution is -2.25. The third-order valence-electron chi connectivity index (χ3n) is 5.49. The number of benzene rings is 3. The standard InChI is InChI=1S/C27H28BrN3O2/c28-22-16-14-21(15-17-22)27(32)29-18-8-13-26-30-24-11-4-5-12-25(24)31(26)19-6-7-20-33-23-9-2-1-3-10-23/h1-5,9-12,14-17H,6-8,13,18-20H2,(H,29,32). The topological polar surface area (TPSA) is 56.2 Å². The van der Waals surface area contributed by atoms with E-state index in [1.54, 1.807) is 0 Å². The molecule has 0 saturated carbocycles. The average molecular weight is 506 g/mol. The zero-order valence-corrected chi connectivity index (χ0v) is 20.1. The fourth-order valence-electron chi connectivity index (χ4n) is 3.80. The van der Waals surface area contributed by atoms with Gasteiger partial charge in [0.2, 0.25) is 0 Å². The number of carbonyl (C=O) groups excluding carboxylic acids is 1. The van der Waals surface area contributed by atoms with Crippen molar-refractivity contribution in [2.75, 3.05) is 13.2 Å². The van der Waals surface area contributed by atoms with E-state index < -0.39 is 0 Å². The molecule has 1 heterocycles. The van der Waals surface area contributed by atoms with Crippen molar-refractivity contribution in [3.05, 3.63) is 94.7 Å². The fraction of sp³-hybridized carbons (Fsp3) is 0.259. The number of imidazole rings is 1. The van der Waals surface area contributed by atoms with Gasteiger partial charge in [-0.3, -0.25) is 4.79 Å². The molecule has 0 spiro atoms. The summed E-state index contributed by atoms with van der Waals surface area (Å²) in [6.07, 6.45) is 3.64. The van der Waals surface area contributed by atoms with Gasteiger partial charge in [0.1, 0.15) is 11.6 Å². The van der Waals surface area contributed by atoms with Gasteiger partial charge in [0.15, 0.2) is 0 Å². The van der Waals surface area contributed by atoms with E-state index in [1.165, 1.54) is 0 Å². The Bertz CT molecular complexity index is 1170. The number of fused-ring (bicyclic) bond motifs is 1. The number of hydrogen-bond acceptors (Lipinski definition) is 3.